The molecule has 1 amide bonds. The van der Waals surface area contributed by atoms with Gasteiger partial charge in [0.25, 0.3) is 5.91 Å². The van der Waals surface area contributed by atoms with E-state index in [0.717, 1.165) is 22.3 Å². The van der Waals surface area contributed by atoms with Crippen molar-refractivity contribution in [1.29, 1.82) is 0 Å². The second-order valence-corrected chi connectivity index (χ2v) is 11.1. The highest BCUT2D eigenvalue weighted by molar-refractivity contribution is 5.96. The standard InChI is InChI=1S/C33H35N3O4/c1-21(2)40-28-16-12-25(13-17-28)31(37)36-29(32(38)39)18-22-6-8-24(9-7-22)30-34-19-26(20-35-30)23-10-14-27(15-11-23)33(3,4)5/h6-17,19-21,29H,18H2,1-5H3,(H,36,37)(H,38,39)/t29-/m0/s1. The summed E-state index contributed by atoms with van der Waals surface area (Å²) in [6.45, 7) is 10.4. The average molecular weight is 538 g/mol. The monoisotopic (exact) mass is 537 g/mol. The van der Waals surface area contributed by atoms with Crippen molar-refractivity contribution < 1.29 is 19.4 Å². The molecule has 0 radical (unpaired) electrons. The number of hydrogen-bond donors (Lipinski definition) is 2. The van der Waals surface area contributed by atoms with Crippen LogP contribution in [-0.2, 0) is 16.6 Å². The van der Waals surface area contributed by atoms with Crippen LogP contribution in [0.1, 0.15) is 56.1 Å². The van der Waals surface area contributed by atoms with Gasteiger partial charge in [0.15, 0.2) is 5.82 Å². The summed E-state index contributed by atoms with van der Waals surface area (Å²) >= 11 is 0. The molecule has 4 aromatic rings. The Kier molecular flexibility index (Phi) is 8.63. The third kappa shape index (κ3) is 7.32. The number of hydrogen-bond acceptors (Lipinski definition) is 5. The fraction of sp³-hybridized carbons (Fsp3) is 0.273. The highest BCUT2D eigenvalue weighted by Gasteiger charge is 2.21. The Morgan fingerprint density at radius 2 is 1.40 bits per heavy atom. The van der Waals surface area contributed by atoms with Crippen LogP contribution >= 0.6 is 0 Å². The predicted octanol–water partition coefficient (Wildman–Crippen LogP) is 6.32. The Bertz CT molecular complexity index is 1440. The second kappa shape index (κ2) is 12.1. The molecule has 3 aromatic carbocycles. The van der Waals surface area contributed by atoms with Crippen LogP contribution < -0.4 is 10.1 Å². The SMILES string of the molecule is CC(C)Oc1ccc(C(=O)N[C@@H](Cc2ccc(-c3ncc(-c4ccc(C(C)(C)C)cc4)cn3)cc2)C(=O)O)cc1. The second-order valence-electron chi connectivity index (χ2n) is 11.1. The molecule has 0 aliphatic rings. The molecule has 0 bridgehead atoms. The van der Waals surface area contributed by atoms with E-state index in [0.29, 0.717) is 17.1 Å². The molecular formula is C33H35N3O4. The topological polar surface area (TPSA) is 101 Å². The summed E-state index contributed by atoms with van der Waals surface area (Å²) in [4.78, 5) is 33.7. The van der Waals surface area contributed by atoms with Crippen LogP contribution in [0.3, 0.4) is 0 Å². The molecule has 0 aliphatic heterocycles. The summed E-state index contributed by atoms with van der Waals surface area (Å²) in [5, 5.41) is 12.3. The van der Waals surface area contributed by atoms with Gasteiger partial charge in [-0.15, -0.1) is 0 Å². The number of aromatic nitrogens is 2. The molecular weight excluding hydrogens is 502 g/mol. The van der Waals surface area contributed by atoms with Gasteiger partial charge in [0.05, 0.1) is 6.10 Å². The van der Waals surface area contributed by atoms with Gasteiger partial charge in [-0.1, -0.05) is 69.3 Å². The molecule has 1 aromatic heterocycles. The first-order chi connectivity index (χ1) is 19.0. The summed E-state index contributed by atoms with van der Waals surface area (Å²) in [6, 6.07) is 21.4. The molecule has 4 rings (SSSR count). The minimum Gasteiger partial charge on any atom is -0.491 e. The lowest BCUT2D eigenvalue weighted by atomic mass is 9.86. The first-order valence-corrected chi connectivity index (χ1v) is 13.3. The summed E-state index contributed by atoms with van der Waals surface area (Å²) in [5.41, 5.74) is 5.30. The van der Waals surface area contributed by atoms with E-state index in [4.69, 9.17) is 4.74 Å². The quantitative estimate of drug-likeness (QED) is 0.259. The maximum Gasteiger partial charge on any atom is 0.326 e. The summed E-state index contributed by atoms with van der Waals surface area (Å²) in [7, 11) is 0. The first kappa shape index (κ1) is 28.5. The van der Waals surface area contributed by atoms with Crippen molar-refractivity contribution in [2.75, 3.05) is 0 Å². The van der Waals surface area contributed by atoms with E-state index in [2.05, 4.69) is 60.3 Å². The highest BCUT2D eigenvalue weighted by atomic mass is 16.5. The Morgan fingerprint density at radius 1 is 0.825 bits per heavy atom. The van der Waals surface area contributed by atoms with Crippen molar-refractivity contribution in [3.63, 3.8) is 0 Å². The molecule has 0 saturated heterocycles. The number of carboxylic acid groups (broad SMARTS) is 1. The van der Waals surface area contributed by atoms with Crippen LogP contribution in [0.4, 0.5) is 0 Å². The number of rotatable bonds is 9. The van der Waals surface area contributed by atoms with Gasteiger partial charge in [-0.2, -0.15) is 0 Å². The molecule has 2 N–H and O–H groups in total. The van der Waals surface area contributed by atoms with E-state index in [1.807, 2.05) is 38.1 Å². The van der Waals surface area contributed by atoms with Crippen molar-refractivity contribution in [3.8, 4) is 28.3 Å². The van der Waals surface area contributed by atoms with E-state index >= 15 is 0 Å². The van der Waals surface area contributed by atoms with Gasteiger partial charge in [-0.25, -0.2) is 14.8 Å². The lowest BCUT2D eigenvalue weighted by molar-refractivity contribution is -0.139. The van der Waals surface area contributed by atoms with Crippen molar-refractivity contribution >= 4 is 11.9 Å². The molecule has 40 heavy (non-hydrogen) atoms. The molecule has 0 aliphatic carbocycles. The van der Waals surface area contributed by atoms with Crippen LogP contribution in [-0.4, -0.2) is 39.1 Å². The highest BCUT2D eigenvalue weighted by Crippen LogP contribution is 2.26. The van der Waals surface area contributed by atoms with E-state index in [1.165, 1.54) is 5.56 Å². The van der Waals surface area contributed by atoms with Crippen LogP contribution in [0.2, 0.25) is 0 Å². The lowest BCUT2D eigenvalue weighted by Gasteiger charge is -2.19. The zero-order valence-corrected chi connectivity index (χ0v) is 23.5. The number of aliphatic carboxylic acids is 1. The zero-order valence-electron chi connectivity index (χ0n) is 23.5. The van der Waals surface area contributed by atoms with E-state index < -0.39 is 17.9 Å². The van der Waals surface area contributed by atoms with Crippen molar-refractivity contribution in [1.82, 2.24) is 15.3 Å². The number of amides is 1. The Labute approximate surface area is 235 Å². The third-order valence-corrected chi connectivity index (χ3v) is 6.48. The Morgan fingerprint density at radius 3 is 1.93 bits per heavy atom. The summed E-state index contributed by atoms with van der Waals surface area (Å²) in [6.07, 6.45) is 3.77. The minimum absolute atomic E-state index is 0.0184. The maximum atomic E-state index is 12.7. The van der Waals surface area contributed by atoms with Crippen molar-refractivity contribution in [2.24, 2.45) is 0 Å². The van der Waals surface area contributed by atoms with Gasteiger partial charge >= 0.3 is 5.97 Å². The zero-order chi connectivity index (χ0) is 28.9. The molecule has 0 fully saturated rings. The largest absolute Gasteiger partial charge is 0.491 e. The minimum atomic E-state index is -1.10. The number of nitrogens with zero attached hydrogens (tertiary/aromatic N) is 2. The normalized spacial score (nSPS) is 12.2. The summed E-state index contributed by atoms with van der Waals surface area (Å²) < 4.78 is 5.59. The Hall–Kier alpha value is -4.52. The summed E-state index contributed by atoms with van der Waals surface area (Å²) in [5.74, 6) is -0.335. The maximum absolute atomic E-state index is 12.7. The number of carbonyl (C=O) groups excluding carboxylic acids is 1. The molecule has 0 saturated carbocycles. The van der Waals surface area contributed by atoms with Gasteiger partial charge in [0.2, 0.25) is 0 Å². The van der Waals surface area contributed by atoms with Crippen molar-refractivity contribution in [2.45, 2.75) is 58.6 Å². The van der Waals surface area contributed by atoms with Crippen molar-refractivity contribution in [3.05, 3.63) is 102 Å². The average Bonchev–Trinajstić information content (AvgIpc) is 2.93. The number of nitrogens with one attached hydrogen (secondary N) is 1. The smallest absolute Gasteiger partial charge is 0.326 e. The van der Waals surface area contributed by atoms with Gasteiger partial charge in [-0.3, -0.25) is 4.79 Å². The van der Waals surface area contributed by atoms with Gasteiger partial charge in [0, 0.05) is 35.5 Å². The molecule has 0 spiro atoms. The number of carbonyl (C=O) groups is 2. The van der Waals surface area contributed by atoms with Gasteiger partial charge in [0.1, 0.15) is 11.8 Å². The Balaban J connectivity index is 1.40. The third-order valence-electron chi connectivity index (χ3n) is 6.48. The number of carboxylic acids is 1. The van der Waals surface area contributed by atoms with Crippen LogP contribution in [0.5, 0.6) is 5.75 Å². The fourth-order valence-electron chi connectivity index (χ4n) is 4.21. The molecule has 0 unspecified atom stereocenters. The number of benzene rings is 3. The first-order valence-electron chi connectivity index (χ1n) is 13.3. The van der Waals surface area contributed by atoms with E-state index in [9.17, 15) is 14.7 Å². The van der Waals surface area contributed by atoms with Gasteiger partial charge < -0.3 is 15.2 Å². The predicted molar refractivity (Wildman–Crippen MR) is 156 cm³/mol. The van der Waals surface area contributed by atoms with Gasteiger partial charge in [-0.05, 0) is 60.2 Å². The lowest BCUT2D eigenvalue weighted by Crippen LogP contribution is -2.42. The molecule has 1 heterocycles. The van der Waals surface area contributed by atoms with Crippen LogP contribution in [0, 0.1) is 0 Å². The van der Waals surface area contributed by atoms with E-state index in [-0.39, 0.29) is 17.9 Å². The van der Waals surface area contributed by atoms with Crippen LogP contribution in [0.15, 0.2) is 85.2 Å². The molecule has 7 heteroatoms. The van der Waals surface area contributed by atoms with E-state index in [1.54, 1.807) is 36.7 Å². The molecule has 1 atom stereocenters. The molecule has 206 valence electrons. The van der Waals surface area contributed by atoms with Crippen LogP contribution in [0.25, 0.3) is 22.5 Å². The molecule has 7 nitrogen and oxygen atoms in total. The number of ether oxygens (including phenoxy) is 1. The fourth-order valence-corrected chi connectivity index (χ4v) is 4.21.